The summed E-state index contributed by atoms with van der Waals surface area (Å²) in [5.74, 6) is 0.160. The minimum absolute atomic E-state index is 0.0781. The largest absolute Gasteiger partial charge is 0.508 e. The number of ether oxygens (including phenoxy) is 1. The van der Waals surface area contributed by atoms with Crippen LogP contribution in [-0.2, 0) is 4.74 Å². The van der Waals surface area contributed by atoms with Gasteiger partial charge in [-0.2, -0.15) is 0 Å². The Bertz CT molecular complexity index is 1410. The first kappa shape index (κ1) is 38.7. The summed E-state index contributed by atoms with van der Waals surface area (Å²) < 4.78 is 18.6. The summed E-state index contributed by atoms with van der Waals surface area (Å²) in [5, 5.41) is 13.0. The van der Waals surface area contributed by atoms with Gasteiger partial charge in [-0.05, 0) is 82.1 Å². The molecule has 45 heavy (non-hydrogen) atoms. The van der Waals surface area contributed by atoms with Gasteiger partial charge in [0, 0.05) is 31.6 Å². The molecule has 1 atom stereocenters. The molecule has 2 aromatic carbocycles. The molecule has 0 amide bonds. The zero-order valence-corrected chi connectivity index (χ0v) is 28.5. The number of benzene rings is 2. The average Bonchev–Trinajstić information content (AvgIpc) is 3.06. The number of nitrogens with one attached hydrogen (secondary N) is 1. The summed E-state index contributed by atoms with van der Waals surface area (Å²) in [6, 6.07) is 19.7. The Kier molecular flexibility index (Phi) is 18.3. The van der Waals surface area contributed by atoms with Crippen LogP contribution in [0.2, 0.25) is 0 Å². The highest BCUT2D eigenvalue weighted by atomic mass is 19.1. The first-order valence-electron chi connectivity index (χ1n) is 15.6. The lowest BCUT2D eigenvalue weighted by atomic mass is 10.1. The molecule has 4 rings (SSSR count). The highest BCUT2D eigenvalue weighted by Gasteiger charge is 2.15. The van der Waals surface area contributed by atoms with E-state index in [1.54, 1.807) is 24.1 Å². The number of aryl methyl sites for hydroxylation is 1. The van der Waals surface area contributed by atoms with Crippen molar-refractivity contribution in [2.45, 2.75) is 74.4 Å². The molecule has 0 saturated heterocycles. The van der Waals surface area contributed by atoms with E-state index in [4.69, 9.17) is 4.74 Å². The van der Waals surface area contributed by atoms with Crippen molar-refractivity contribution < 1.29 is 14.2 Å². The molecule has 0 radical (unpaired) electrons. The number of rotatable bonds is 10. The van der Waals surface area contributed by atoms with Gasteiger partial charge in [0.2, 0.25) is 0 Å². The van der Waals surface area contributed by atoms with Crippen molar-refractivity contribution in [2.24, 2.45) is 4.99 Å². The van der Waals surface area contributed by atoms with Crippen molar-refractivity contribution in [3.63, 3.8) is 0 Å². The molecule has 0 aliphatic rings. The quantitative estimate of drug-likeness (QED) is 0.171. The minimum atomic E-state index is -0.414. The predicted octanol–water partition coefficient (Wildman–Crippen LogP) is 8.86. The monoisotopic (exact) mass is 618 g/mol. The molecule has 0 aliphatic carbocycles. The number of pyridine rings is 1. The first-order valence-corrected chi connectivity index (χ1v) is 15.6. The van der Waals surface area contributed by atoms with E-state index in [0.29, 0.717) is 19.0 Å². The zero-order valence-electron chi connectivity index (χ0n) is 28.5. The number of phenols is 1. The third kappa shape index (κ3) is 13.4. The molecule has 2 heterocycles. The van der Waals surface area contributed by atoms with Crippen LogP contribution in [0.3, 0.4) is 0 Å². The Morgan fingerprint density at radius 2 is 1.69 bits per heavy atom. The second kappa shape index (κ2) is 21.4. The molecule has 0 spiro atoms. The van der Waals surface area contributed by atoms with Crippen LogP contribution in [0.1, 0.15) is 66.8 Å². The Hall–Kier alpha value is -4.37. The number of aromatic hydroxyl groups is 1. The molecule has 0 saturated carbocycles. The summed E-state index contributed by atoms with van der Waals surface area (Å²) in [4.78, 5) is 18.2. The van der Waals surface area contributed by atoms with Gasteiger partial charge in [0.25, 0.3) is 0 Å². The molecule has 244 valence electrons. The van der Waals surface area contributed by atoms with Crippen molar-refractivity contribution in [2.75, 3.05) is 30.5 Å². The van der Waals surface area contributed by atoms with Crippen LogP contribution in [0, 0.1) is 12.7 Å². The zero-order chi connectivity index (χ0) is 33.8. The fraction of sp³-hybridized carbons (Fsp3) is 0.389. The number of halogens is 1. The lowest BCUT2D eigenvalue weighted by molar-refractivity contribution is 0.135. The summed E-state index contributed by atoms with van der Waals surface area (Å²) in [5.41, 5.74) is 5.79. The van der Waals surface area contributed by atoms with Gasteiger partial charge in [0.1, 0.15) is 12.1 Å². The van der Waals surface area contributed by atoms with Gasteiger partial charge >= 0.3 is 0 Å². The van der Waals surface area contributed by atoms with Crippen LogP contribution in [0.4, 0.5) is 21.6 Å². The lowest BCUT2D eigenvalue weighted by Crippen LogP contribution is -2.34. The summed E-state index contributed by atoms with van der Waals surface area (Å²) in [7, 11) is 1.79. The normalized spacial score (nSPS) is 10.9. The molecule has 2 aromatic heterocycles. The highest BCUT2D eigenvalue weighted by molar-refractivity contribution is 5.78. The standard InChI is InChI=1S/C22H23N3O.C10H16FN3O.2C2H6/c1-15(2)23-14-20-11-12-22(16(3)24-20)25-19-9-7-17(8-10-19)18-5-4-6-21(26)13-18;1-4-15-6-8(2)14(3)10-9(11)5-12-7-13-10;2*1-2/h4-15,25-26H,1-3H3;5,7-8H,4,6H2,1-3H3;2*1-2H3. The smallest absolute Gasteiger partial charge is 0.183 e. The van der Waals surface area contributed by atoms with Gasteiger partial charge < -0.3 is 20.1 Å². The van der Waals surface area contributed by atoms with E-state index in [-0.39, 0.29) is 17.8 Å². The van der Waals surface area contributed by atoms with E-state index in [2.05, 4.69) is 25.3 Å². The fourth-order valence-electron chi connectivity index (χ4n) is 3.77. The minimum Gasteiger partial charge on any atom is -0.508 e. The Morgan fingerprint density at radius 1 is 1.00 bits per heavy atom. The maximum Gasteiger partial charge on any atom is 0.183 e. The lowest BCUT2D eigenvalue weighted by Gasteiger charge is -2.25. The summed E-state index contributed by atoms with van der Waals surface area (Å²) in [6.07, 6.45) is 4.31. The second-order valence-electron chi connectivity index (χ2n) is 9.81. The molecule has 0 fully saturated rings. The predicted molar refractivity (Wildman–Crippen MR) is 188 cm³/mol. The molecular weight excluding hydrogens is 567 g/mol. The fourth-order valence-corrected chi connectivity index (χ4v) is 3.77. The molecule has 0 bridgehead atoms. The molecule has 4 aromatic rings. The van der Waals surface area contributed by atoms with Crippen molar-refractivity contribution >= 4 is 23.4 Å². The van der Waals surface area contributed by atoms with Gasteiger partial charge in [-0.1, -0.05) is 52.0 Å². The topological polar surface area (TPSA) is 95.8 Å². The van der Waals surface area contributed by atoms with E-state index >= 15 is 0 Å². The van der Waals surface area contributed by atoms with Crippen LogP contribution >= 0.6 is 0 Å². The van der Waals surface area contributed by atoms with Crippen molar-refractivity contribution in [1.82, 2.24) is 15.0 Å². The summed E-state index contributed by atoms with van der Waals surface area (Å²) in [6.45, 7) is 19.2. The third-order valence-electron chi connectivity index (χ3n) is 6.16. The van der Waals surface area contributed by atoms with Gasteiger partial charge in [0.05, 0.1) is 35.9 Å². The van der Waals surface area contributed by atoms with E-state index in [1.165, 1.54) is 6.33 Å². The molecule has 8 nitrogen and oxygen atoms in total. The average molecular weight is 619 g/mol. The molecule has 2 N–H and O–H groups in total. The summed E-state index contributed by atoms with van der Waals surface area (Å²) >= 11 is 0. The molecule has 0 aliphatic heterocycles. The van der Waals surface area contributed by atoms with Crippen molar-refractivity contribution in [1.29, 1.82) is 0 Å². The molecule has 9 heteroatoms. The number of likely N-dealkylation sites (N-methyl/N-ethyl adjacent to an activating group) is 1. The molecule has 1 unspecified atom stereocenters. The van der Waals surface area contributed by atoms with E-state index in [9.17, 15) is 9.50 Å². The number of anilines is 3. The number of aliphatic imine (C=N–C) groups is 1. The number of hydrogen-bond acceptors (Lipinski definition) is 8. The highest BCUT2D eigenvalue weighted by Crippen LogP contribution is 2.26. The van der Waals surface area contributed by atoms with E-state index in [0.717, 1.165) is 40.1 Å². The maximum absolute atomic E-state index is 13.3. The maximum atomic E-state index is 13.3. The second-order valence-corrected chi connectivity index (χ2v) is 9.81. The van der Waals surface area contributed by atoms with Gasteiger partial charge in [-0.15, -0.1) is 0 Å². The number of aromatic nitrogens is 3. The van der Waals surface area contributed by atoms with Gasteiger partial charge in [-0.3, -0.25) is 4.99 Å². The van der Waals surface area contributed by atoms with Crippen molar-refractivity contribution in [3.05, 3.63) is 90.4 Å². The third-order valence-corrected chi connectivity index (χ3v) is 6.16. The van der Waals surface area contributed by atoms with E-state index in [1.807, 2.05) is 117 Å². The SMILES string of the molecule is CC.CC.CCOCC(C)N(C)c1ncncc1F.Cc1nc(C=NC(C)C)ccc1Nc1ccc(-c2cccc(O)c2)cc1. The van der Waals surface area contributed by atoms with Crippen LogP contribution in [0.25, 0.3) is 11.1 Å². The van der Waals surface area contributed by atoms with E-state index < -0.39 is 5.82 Å². The van der Waals surface area contributed by atoms with Crippen LogP contribution in [0.5, 0.6) is 5.75 Å². The first-order chi connectivity index (χ1) is 21.7. The van der Waals surface area contributed by atoms with Gasteiger partial charge in [-0.25, -0.2) is 19.3 Å². The number of hydrogen-bond donors (Lipinski definition) is 2. The number of nitrogens with zero attached hydrogens (tertiary/aromatic N) is 5. The van der Waals surface area contributed by atoms with Crippen LogP contribution < -0.4 is 10.2 Å². The van der Waals surface area contributed by atoms with Crippen LogP contribution in [0.15, 0.2) is 78.2 Å². The Morgan fingerprint density at radius 3 is 2.27 bits per heavy atom. The van der Waals surface area contributed by atoms with Crippen LogP contribution in [-0.4, -0.2) is 58.6 Å². The van der Waals surface area contributed by atoms with Gasteiger partial charge in [0.15, 0.2) is 11.6 Å². The molecular formula is C36H51FN6O2. The Balaban J connectivity index is 0.000000455. The van der Waals surface area contributed by atoms with Crippen molar-refractivity contribution in [3.8, 4) is 16.9 Å². The Labute approximate surface area is 269 Å². The number of phenolic OH excluding ortho intramolecular Hbond substituents is 1.